The first-order valence-corrected chi connectivity index (χ1v) is 12.0. The molecule has 1 spiro atoms. The predicted octanol–water partition coefficient (Wildman–Crippen LogP) is 4.51. The number of rotatable bonds is 4. The van der Waals surface area contributed by atoms with Gasteiger partial charge >= 0.3 is 29.8 Å². The zero-order valence-corrected chi connectivity index (χ0v) is 22.3. The molecule has 43 heavy (non-hydrogen) atoms. The van der Waals surface area contributed by atoms with Gasteiger partial charge in [0.2, 0.25) is 11.5 Å². The largest absolute Gasteiger partial charge is 0.448 e. The van der Waals surface area contributed by atoms with E-state index in [0.29, 0.717) is 0 Å². The number of carbonyl (C=O) groups excluding carboxylic acids is 5. The lowest BCUT2D eigenvalue weighted by molar-refractivity contribution is -0.134. The van der Waals surface area contributed by atoms with Gasteiger partial charge in [0.25, 0.3) is 0 Å². The lowest BCUT2D eigenvalue weighted by Crippen LogP contribution is -2.35. The van der Waals surface area contributed by atoms with Crippen LogP contribution >= 0.6 is 0 Å². The number of hydrogen-bond acceptors (Lipinski definition) is 11. The van der Waals surface area contributed by atoms with Crippen molar-refractivity contribution in [2.75, 3.05) is 0 Å². The minimum Gasteiger partial charge on any atom is -0.448 e. The molecule has 3 aromatic rings. The Bertz CT molecular complexity index is 1730. The van der Waals surface area contributed by atoms with Crippen LogP contribution in [0.15, 0.2) is 24.3 Å². The van der Waals surface area contributed by atoms with Crippen molar-refractivity contribution in [2.24, 2.45) is 0 Å². The Morgan fingerprint density at radius 1 is 0.628 bits per heavy atom. The molecule has 0 saturated carbocycles. The first kappa shape index (κ1) is 29.0. The van der Waals surface area contributed by atoms with Crippen LogP contribution in [0, 0.1) is 23.3 Å². The van der Waals surface area contributed by atoms with Gasteiger partial charge < -0.3 is 28.4 Å². The molecule has 0 bridgehead atoms. The molecular formula is C28H16F4O11. The van der Waals surface area contributed by atoms with Gasteiger partial charge in [0.1, 0.15) is 5.56 Å². The molecule has 222 valence electrons. The molecule has 0 N–H and O–H groups in total. The van der Waals surface area contributed by atoms with E-state index < -0.39 is 115 Å². The molecule has 0 fully saturated rings. The highest BCUT2D eigenvalue weighted by molar-refractivity contribution is 5.98. The third kappa shape index (κ3) is 4.40. The van der Waals surface area contributed by atoms with E-state index in [9.17, 15) is 32.8 Å². The Labute approximate surface area is 237 Å². The highest BCUT2D eigenvalue weighted by atomic mass is 19.2. The number of esters is 5. The summed E-state index contributed by atoms with van der Waals surface area (Å²) in [4.78, 5) is 60.8. The molecular weight excluding hydrogens is 588 g/mol. The van der Waals surface area contributed by atoms with Gasteiger partial charge in [-0.25, -0.2) is 22.4 Å². The van der Waals surface area contributed by atoms with E-state index in [4.69, 9.17) is 28.4 Å². The van der Waals surface area contributed by atoms with Crippen LogP contribution < -0.4 is 23.7 Å². The Morgan fingerprint density at radius 2 is 1.05 bits per heavy atom. The third-order valence-corrected chi connectivity index (χ3v) is 6.18. The minimum absolute atomic E-state index is 0.447. The summed E-state index contributed by atoms with van der Waals surface area (Å²) >= 11 is 0. The van der Waals surface area contributed by atoms with E-state index >= 15 is 8.78 Å². The van der Waals surface area contributed by atoms with Crippen LogP contribution in [-0.2, 0) is 29.5 Å². The number of carbonyl (C=O) groups is 5. The van der Waals surface area contributed by atoms with Crippen molar-refractivity contribution in [1.82, 2.24) is 0 Å². The first-order valence-electron chi connectivity index (χ1n) is 12.0. The molecule has 11 nitrogen and oxygen atoms in total. The number of fused-ring (bicyclic) bond motifs is 6. The maximum Gasteiger partial charge on any atom is 0.343 e. The molecule has 0 aliphatic carbocycles. The molecule has 2 aliphatic rings. The molecule has 3 aromatic carbocycles. The summed E-state index contributed by atoms with van der Waals surface area (Å²) in [7, 11) is 0. The van der Waals surface area contributed by atoms with Crippen molar-refractivity contribution in [2.45, 2.75) is 33.3 Å². The maximum atomic E-state index is 15.7. The van der Waals surface area contributed by atoms with Gasteiger partial charge in [-0.2, -0.15) is 0 Å². The average Bonchev–Trinajstić information content (AvgIpc) is 3.21. The van der Waals surface area contributed by atoms with Gasteiger partial charge in [-0.15, -0.1) is 0 Å². The van der Waals surface area contributed by atoms with Crippen molar-refractivity contribution >= 4 is 29.8 Å². The van der Waals surface area contributed by atoms with Gasteiger partial charge in [-0.3, -0.25) is 19.2 Å². The lowest BCUT2D eigenvalue weighted by Gasteiger charge is -2.37. The van der Waals surface area contributed by atoms with Crippen molar-refractivity contribution in [3.8, 4) is 34.5 Å². The van der Waals surface area contributed by atoms with Crippen LogP contribution in [0.3, 0.4) is 0 Å². The Hall–Kier alpha value is -5.47. The molecule has 2 aliphatic heterocycles. The molecule has 15 heteroatoms. The molecule has 2 heterocycles. The number of halogens is 4. The van der Waals surface area contributed by atoms with E-state index in [0.717, 1.165) is 52.0 Å². The summed E-state index contributed by atoms with van der Waals surface area (Å²) in [6.07, 6.45) is 0. The first-order chi connectivity index (χ1) is 20.2. The number of ether oxygens (including phenoxy) is 6. The predicted molar refractivity (Wildman–Crippen MR) is 130 cm³/mol. The summed E-state index contributed by atoms with van der Waals surface area (Å²) < 4.78 is 91.8. The van der Waals surface area contributed by atoms with E-state index in [1.807, 2.05) is 0 Å². The van der Waals surface area contributed by atoms with E-state index in [-0.39, 0.29) is 0 Å². The van der Waals surface area contributed by atoms with E-state index in [2.05, 4.69) is 0 Å². The zero-order chi connectivity index (χ0) is 31.5. The molecule has 0 aromatic heterocycles. The van der Waals surface area contributed by atoms with Gasteiger partial charge in [0.05, 0.1) is 16.7 Å². The lowest BCUT2D eigenvalue weighted by atomic mass is 9.76. The Kier molecular flexibility index (Phi) is 6.83. The third-order valence-electron chi connectivity index (χ3n) is 6.18. The highest BCUT2D eigenvalue weighted by Crippen LogP contribution is 2.63. The summed E-state index contributed by atoms with van der Waals surface area (Å²) in [5.74, 6) is -17.7. The van der Waals surface area contributed by atoms with Gasteiger partial charge in [0, 0.05) is 27.7 Å². The second-order valence-corrected chi connectivity index (χ2v) is 9.09. The topological polar surface area (TPSA) is 141 Å². The number of benzene rings is 3. The maximum absolute atomic E-state index is 15.7. The molecule has 0 unspecified atom stereocenters. The Morgan fingerprint density at radius 3 is 1.47 bits per heavy atom. The van der Waals surface area contributed by atoms with Crippen LogP contribution in [0.1, 0.15) is 54.7 Å². The fourth-order valence-electron chi connectivity index (χ4n) is 4.82. The fraction of sp³-hybridized carbons (Fsp3) is 0.179. The minimum atomic E-state index is -2.73. The molecule has 0 atom stereocenters. The van der Waals surface area contributed by atoms with Crippen LogP contribution in [0.25, 0.3) is 0 Å². The van der Waals surface area contributed by atoms with Crippen LogP contribution in [0.5, 0.6) is 34.5 Å². The fourth-order valence-corrected chi connectivity index (χ4v) is 4.82. The Balaban J connectivity index is 1.99. The van der Waals surface area contributed by atoms with Gasteiger partial charge in [-0.1, -0.05) is 0 Å². The molecule has 0 amide bonds. The summed E-state index contributed by atoms with van der Waals surface area (Å²) in [6, 6.07) is 4.12. The molecule has 0 saturated heterocycles. The normalized spacial score (nSPS) is 13.6. The second-order valence-electron chi connectivity index (χ2n) is 9.09. The van der Waals surface area contributed by atoms with Crippen LogP contribution in [0.4, 0.5) is 17.6 Å². The monoisotopic (exact) mass is 604 g/mol. The second kappa shape index (κ2) is 10.1. The van der Waals surface area contributed by atoms with Gasteiger partial charge in [-0.05, 0) is 24.3 Å². The summed E-state index contributed by atoms with van der Waals surface area (Å²) in [5.41, 5.74) is -6.09. The molecule has 5 rings (SSSR count). The standard InChI is InChI=1S/C28H16F4O11/c1-9(33)38-15-7-5-13-23(25(15)40-11(3)35)42-24-14(6-8-16(39-10(2)34)26(24)41-12(4)36)28(13)18-17(27(37)43-28)19(29)21(31)22(32)20(18)30/h5-8H,1-4H3. The SMILES string of the molecule is CC(=O)Oc1ccc2c(c1OC(C)=O)Oc1c(ccc(OC(C)=O)c1OC(C)=O)C21OC(=O)c2c(F)c(F)c(F)c(F)c21. The van der Waals surface area contributed by atoms with Crippen LogP contribution in [0.2, 0.25) is 0 Å². The van der Waals surface area contributed by atoms with Gasteiger partial charge in [0.15, 0.2) is 51.9 Å². The quantitative estimate of drug-likeness (QED) is 0.137. The van der Waals surface area contributed by atoms with Crippen molar-refractivity contribution in [1.29, 1.82) is 0 Å². The molecule has 0 radical (unpaired) electrons. The highest BCUT2D eigenvalue weighted by Gasteiger charge is 2.59. The summed E-state index contributed by atoms with van der Waals surface area (Å²) in [6.45, 7) is 3.90. The summed E-state index contributed by atoms with van der Waals surface area (Å²) in [5, 5.41) is 0. The van der Waals surface area contributed by atoms with E-state index in [1.54, 1.807) is 0 Å². The smallest absolute Gasteiger partial charge is 0.343 e. The van der Waals surface area contributed by atoms with Crippen LogP contribution in [-0.4, -0.2) is 29.8 Å². The van der Waals surface area contributed by atoms with E-state index in [1.165, 1.54) is 0 Å². The zero-order valence-electron chi connectivity index (χ0n) is 22.3. The van der Waals surface area contributed by atoms with Crippen molar-refractivity contribution in [3.63, 3.8) is 0 Å². The van der Waals surface area contributed by atoms with Crippen molar-refractivity contribution in [3.05, 3.63) is 69.8 Å². The van der Waals surface area contributed by atoms with Crippen molar-refractivity contribution < 1.29 is 70.0 Å². The average molecular weight is 604 g/mol. The number of hydrogen-bond donors (Lipinski definition) is 0.